The van der Waals surface area contributed by atoms with E-state index in [-0.39, 0.29) is 0 Å². The van der Waals surface area contributed by atoms with E-state index in [1.54, 1.807) is 0 Å². The van der Waals surface area contributed by atoms with Crippen molar-refractivity contribution in [2.24, 2.45) is 17.6 Å². The van der Waals surface area contributed by atoms with Crippen molar-refractivity contribution in [3.63, 3.8) is 0 Å². The Kier molecular flexibility index (Phi) is 11.0. The molecule has 3 atom stereocenters. The second-order valence-corrected chi connectivity index (χ2v) is 6.16. The maximum absolute atomic E-state index is 5.78. The van der Waals surface area contributed by atoms with Crippen LogP contribution in [0.5, 0.6) is 0 Å². The first kappa shape index (κ1) is 17.0. The molecule has 0 saturated heterocycles. The SMILES string of the molecule is CCC(C)CCCCCCC(C)CCC(C)N. The highest BCUT2D eigenvalue weighted by molar-refractivity contribution is 4.59. The molecule has 0 aliphatic carbocycles. The molecule has 1 heteroatoms. The normalized spacial score (nSPS) is 16.8. The van der Waals surface area contributed by atoms with Crippen molar-refractivity contribution in [3.8, 4) is 0 Å². The van der Waals surface area contributed by atoms with Crippen LogP contribution in [0.15, 0.2) is 0 Å². The van der Waals surface area contributed by atoms with E-state index in [4.69, 9.17) is 5.73 Å². The molecular formula is C16H35N. The molecule has 104 valence electrons. The third-order valence-corrected chi connectivity index (χ3v) is 3.96. The number of rotatable bonds is 11. The Morgan fingerprint density at radius 1 is 0.706 bits per heavy atom. The Labute approximate surface area is 110 Å². The van der Waals surface area contributed by atoms with Crippen LogP contribution in [-0.2, 0) is 0 Å². The predicted octanol–water partition coefficient (Wildman–Crippen LogP) is 5.14. The monoisotopic (exact) mass is 241 g/mol. The fraction of sp³-hybridized carbons (Fsp3) is 1.00. The summed E-state index contributed by atoms with van der Waals surface area (Å²) >= 11 is 0. The summed E-state index contributed by atoms with van der Waals surface area (Å²) in [6.07, 6.45) is 12.4. The van der Waals surface area contributed by atoms with Gasteiger partial charge in [-0.05, 0) is 31.6 Å². The van der Waals surface area contributed by atoms with E-state index in [1.165, 1.54) is 57.8 Å². The highest BCUT2D eigenvalue weighted by Crippen LogP contribution is 2.18. The average molecular weight is 241 g/mol. The zero-order valence-corrected chi connectivity index (χ0v) is 12.7. The van der Waals surface area contributed by atoms with Crippen molar-refractivity contribution in [2.45, 2.75) is 91.5 Å². The highest BCUT2D eigenvalue weighted by Gasteiger charge is 2.04. The number of hydrogen-bond acceptors (Lipinski definition) is 1. The first-order valence-electron chi connectivity index (χ1n) is 7.81. The van der Waals surface area contributed by atoms with Gasteiger partial charge in [-0.15, -0.1) is 0 Å². The second-order valence-electron chi connectivity index (χ2n) is 6.16. The van der Waals surface area contributed by atoms with Gasteiger partial charge in [0.05, 0.1) is 0 Å². The lowest BCUT2D eigenvalue weighted by Gasteiger charge is -2.13. The maximum Gasteiger partial charge on any atom is 0.00105 e. The Balaban J connectivity index is 3.21. The van der Waals surface area contributed by atoms with Gasteiger partial charge in [0.2, 0.25) is 0 Å². The molecule has 0 rings (SSSR count). The summed E-state index contributed by atoms with van der Waals surface area (Å²) in [6.45, 7) is 9.16. The van der Waals surface area contributed by atoms with Crippen LogP contribution in [0.25, 0.3) is 0 Å². The topological polar surface area (TPSA) is 26.0 Å². The lowest BCUT2D eigenvalue weighted by Crippen LogP contribution is -2.15. The molecular weight excluding hydrogens is 206 g/mol. The van der Waals surface area contributed by atoms with Gasteiger partial charge in [0.1, 0.15) is 0 Å². The molecule has 3 unspecified atom stereocenters. The van der Waals surface area contributed by atoms with Crippen LogP contribution in [0, 0.1) is 11.8 Å². The van der Waals surface area contributed by atoms with Gasteiger partial charge in [0.25, 0.3) is 0 Å². The zero-order chi connectivity index (χ0) is 13.1. The molecule has 0 aliphatic rings. The smallest absolute Gasteiger partial charge is 0.00105 e. The minimum atomic E-state index is 0.382. The first-order valence-corrected chi connectivity index (χ1v) is 7.81. The molecule has 0 aromatic rings. The van der Waals surface area contributed by atoms with Crippen molar-refractivity contribution in [1.29, 1.82) is 0 Å². The second kappa shape index (κ2) is 11.1. The van der Waals surface area contributed by atoms with E-state index in [2.05, 4.69) is 27.7 Å². The van der Waals surface area contributed by atoms with E-state index in [0.717, 1.165) is 11.8 Å². The van der Waals surface area contributed by atoms with Crippen LogP contribution < -0.4 is 5.73 Å². The molecule has 0 aliphatic heterocycles. The number of unbranched alkanes of at least 4 members (excludes halogenated alkanes) is 3. The van der Waals surface area contributed by atoms with E-state index in [9.17, 15) is 0 Å². The molecule has 0 aromatic carbocycles. The van der Waals surface area contributed by atoms with Crippen LogP contribution in [0.1, 0.15) is 85.5 Å². The van der Waals surface area contributed by atoms with E-state index >= 15 is 0 Å². The van der Waals surface area contributed by atoms with E-state index < -0.39 is 0 Å². The van der Waals surface area contributed by atoms with Crippen molar-refractivity contribution in [3.05, 3.63) is 0 Å². The molecule has 0 heterocycles. The largest absolute Gasteiger partial charge is 0.328 e. The van der Waals surface area contributed by atoms with Crippen molar-refractivity contribution in [2.75, 3.05) is 0 Å². The predicted molar refractivity (Wildman–Crippen MR) is 79.2 cm³/mol. The summed E-state index contributed by atoms with van der Waals surface area (Å²) in [5.74, 6) is 1.80. The van der Waals surface area contributed by atoms with Gasteiger partial charge in [-0.2, -0.15) is 0 Å². The summed E-state index contributed by atoms with van der Waals surface area (Å²) in [5, 5.41) is 0. The van der Waals surface area contributed by atoms with Gasteiger partial charge in [-0.1, -0.05) is 65.7 Å². The van der Waals surface area contributed by atoms with Crippen LogP contribution >= 0.6 is 0 Å². The molecule has 0 amide bonds. The summed E-state index contributed by atoms with van der Waals surface area (Å²) in [4.78, 5) is 0. The van der Waals surface area contributed by atoms with Gasteiger partial charge in [0, 0.05) is 6.04 Å². The average Bonchev–Trinajstić information content (AvgIpc) is 2.30. The molecule has 17 heavy (non-hydrogen) atoms. The lowest BCUT2D eigenvalue weighted by atomic mass is 9.95. The van der Waals surface area contributed by atoms with Crippen LogP contribution in [0.4, 0.5) is 0 Å². The van der Waals surface area contributed by atoms with Gasteiger partial charge in [-0.3, -0.25) is 0 Å². The van der Waals surface area contributed by atoms with E-state index in [0.29, 0.717) is 6.04 Å². The third kappa shape index (κ3) is 12.2. The van der Waals surface area contributed by atoms with Crippen molar-refractivity contribution < 1.29 is 0 Å². The lowest BCUT2D eigenvalue weighted by molar-refractivity contribution is 0.420. The summed E-state index contributed by atoms with van der Waals surface area (Å²) < 4.78 is 0. The van der Waals surface area contributed by atoms with Gasteiger partial charge in [-0.25, -0.2) is 0 Å². The summed E-state index contributed by atoms with van der Waals surface area (Å²) in [7, 11) is 0. The highest BCUT2D eigenvalue weighted by atomic mass is 14.6. The Morgan fingerprint density at radius 2 is 1.24 bits per heavy atom. The Bertz CT molecular complexity index is 154. The third-order valence-electron chi connectivity index (χ3n) is 3.96. The fourth-order valence-electron chi connectivity index (χ4n) is 2.24. The van der Waals surface area contributed by atoms with Crippen LogP contribution in [0.2, 0.25) is 0 Å². The Morgan fingerprint density at radius 3 is 1.71 bits per heavy atom. The zero-order valence-electron chi connectivity index (χ0n) is 12.7. The molecule has 0 saturated carbocycles. The molecule has 1 nitrogen and oxygen atoms in total. The molecule has 0 spiro atoms. The number of nitrogens with two attached hydrogens (primary N) is 1. The minimum Gasteiger partial charge on any atom is -0.328 e. The standard InChI is InChI=1S/C16H35N/c1-5-14(2)10-8-6-7-9-11-15(3)12-13-16(4)17/h14-16H,5-13,17H2,1-4H3. The quantitative estimate of drug-likeness (QED) is 0.498. The molecule has 0 radical (unpaired) electrons. The molecule has 0 bridgehead atoms. The van der Waals surface area contributed by atoms with E-state index in [1.807, 2.05) is 0 Å². The fourth-order valence-corrected chi connectivity index (χ4v) is 2.24. The van der Waals surface area contributed by atoms with Crippen LogP contribution in [0.3, 0.4) is 0 Å². The van der Waals surface area contributed by atoms with Gasteiger partial charge >= 0.3 is 0 Å². The first-order chi connectivity index (χ1) is 8.06. The molecule has 0 aromatic heterocycles. The van der Waals surface area contributed by atoms with Crippen LogP contribution in [-0.4, -0.2) is 6.04 Å². The van der Waals surface area contributed by atoms with Gasteiger partial charge in [0.15, 0.2) is 0 Å². The Hall–Kier alpha value is -0.0400. The van der Waals surface area contributed by atoms with Crippen molar-refractivity contribution >= 4 is 0 Å². The van der Waals surface area contributed by atoms with Gasteiger partial charge < -0.3 is 5.73 Å². The summed E-state index contributed by atoms with van der Waals surface area (Å²) in [6, 6.07) is 0.382. The summed E-state index contributed by atoms with van der Waals surface area (Å²) in [5.41, 5.74) is 5.78. The number of hydrogen-bond donors (Lipinski definition) is 1. The van der Waals surface area contributed by atoms with Crippen molar-refractivity contribution in [1.82, 2.24) is 0 Å². The minimum absolute atomic E-state index is 0.382. The molecule has 0 fully saturated rings. The molecule has 2 N–H and O–H groups in total. The maximum atomic E-state index is 5.78.